The molecule has 1 aromatic heterocycles. The highest BCUT2D eigenvalue weighted by Gasteiger charge is 2.09. The molecule has 1 aromatic rings. The maximum atomic E-state index is 9.02. The van der Waals surface area contributed by atoms with Crippen molar-refractivity contribution in [1.82, 2.24) is 9.55 Å². The maximum absolute atomic E-state index is 9.02. The van der Waals surface area contributed by atoms with E-state index in [2.05, 4.69) is 4.98 Å². The first-order valence-corrected chi connectivity index (χ1v) is 4.50. The van der Waals surface area contributed by atoms with E-state index in [0.717, 1.165) is 5.69 Å². The number of nitrogens with one attached hydrogen (secondary N) is 1. The summed E-state index contributed by atoms with van der Waals surface area (Å²) in [5.74, 6) is 0. The third-order valence-electron chi connectivity index (χ3n) is 1.90. The Morgan fingerprint density at radius 3 is 3.00 bits per heavy atom. The van der Waals surface area contributed by atoms with E-state index in [1.807, 2.05) is 11.5 Å². The van der Waals surface area contributed by atoms with Crippen LogP contribution in [0.5, 0.6) is 0 Å². The molecule has 5 heteroatoms. The number of ether oxygens (including phenoxy) is 1. The number of aliphatic hydroxyl groups excluding tert-OH is 1. The summed E-state index contributed by atoms with van der Waals surface area (Å²) in [5, 5.41) is 9.02. The number of rotatable bonds is 4. The number of H-pyrrole nitrogens is 1. The number of imidazole rings is 1. The van der Waals surface area contributed by atoms with E-state index in [1.165, 1.54) is 0 Å². The number of aromatic nitrogens is 2. The molecule has 0 saturated heterocycles. The highest BCUT2D eigenvalue weighted by Crippen LogP contribution is 2.11. The molecule has 1 heterocycles. The van der Waals surface area contributed by atoms with Gasteiger partial charge in [-0.25, -0.2) is 0 Å². The van der Waals surface area contributed by atoms with Crippen molar-refractivity contribution in [2.45, 2.75) is 19.6 Å². The van der Waals surface area contributed by atoms with Gasteiger partial charge >= 0.3 is 0 Å². The second-order valence-corrected chi connectivity index (χ2v) is 3.30. The molecule has 0 fully saturated rings. The number of aliphatic hydroxyl groups is 1. The molecule has 0 aliphatic rings. The van der Waals surface area contributed by atoms with Crippen LogP contribution in [0.4, 0.5) is 0 Å². The zero-order chi connectivity index (χ0) is 9.84. The first-order chi connectivity index (χ1) is 6.20. The highest BCUT2D eigenvalue weighted by molar-refractivity contribution is 7.71. The molecule has 1 atom stereocenters. The van der Waals surface area contributed by atoms with Crippen LogP contribution in [0.1, 0.15) is 18.7 Å². The molecule has 13 heavy (non-hydrogen) atoms. The Labute approximate surface area is 82.2 Å². The summed E-state index contributed by atoms with van der Waals surface area (Å²) in [6, 6.07) is 0.144. The fourth-order valence-corrected chi connectivity index (χ4v) is 1.69. The molecule has 1 rings (SSSR count). The summed E-state index contributed by atoms with van der Waals surface area (Å²) in [5.41, 5.74) is 0.787. The van der Waals surface area contributed by atoms with Crippen molar-refractivity contribution in [3.05, 3.63) is 16.7 Å². The van der Waals surface area contributed by atoms with Crippen LogP contribution in [-0.4, -0.2) is 28.4 Å². The molecule has 2 N–H and O–H groups in total. The minimum atomic E-state index is -0.0127. The zero-order valence-electron chi connectivity index (χ0n) is 7.78. The summed E-state index contributed by atoms with van der Waals surface area (Å²) in [4.78, 5) is 2.89. The second kappa shape index (κ2) is 4.55. The van der Waals surface area contributed by atoms with Crippen LogP contribution >= 0.6 is 12.2 Å². The van der Waals surface area contributed by atoms with Crippen LogP contribution in [0.15, 0.2) is 6.20 Å². The van der Waals surface area contributed by atoms with E-state index >= 15 is 0 Å². The standard InChI is InChI=1S/C8H14N2O2S/c1-6(5-12-2)10-7(4-11)3-9-8(10)13/h3,6,11H,4-5H2,1-2H3,(H,9,13). The average molecular weight is 202 g/mol. The summed E-state index contributed by atoms with van der Waals surface area (Å²) in [6.07, 6.45) is 1.72. The predicted octanol–water partition coefficient (Wildman–Crippen LogP) is 1.25. The van der Waals surface area contributed by atoms with Crippen LogP contribution in [0, 0.1) is 4.77 Å². The van der Waals surface area contributed by atoms with Gasteiger partial charge in [0.1, 0.15) is 0 Å². The molecule has 0 bridgehead atoms. The van der Waals surface area contributed by atoms with Gasteiger partial charge < -0.3 is 19.4 Å². The molecule has 0 saturated carbocycles. The quantitative estimate of drug-likeness (QED) is 0.722. The van der Waals surface area contributed by atoms with Gasteiger partial charge in [-0.1, -0.05) is 0 Å². The molecule has 74 valence electrons. The normalized spacial score (nSPS) is 13.2. The van der Waals surface area contributed by atoms with Crippen LogP contribution in [-0.2, 0) is 11.3 Å². The Morgan fingerprint density at radius 2 is 2.46 bits per heavy atom. The fraction of sp³-hybridized carbons (Fsp3) is 0.625. The van der Waals surface area contributed by atoms with Gasteiger partial charge in [0, 0.05) is 13.3 Å². The number of methoxy groups -OCH3 is 1. The lowest BCUT2D eigenvalue weighted by Gasteiger charge is -2.14. The van der Waals surface area contributed by atoms with Gasteiger partial charge in [0.2, 0.25) is 0 Å². The third kappa shape index (κ3) is 2.18. The molecule has 0 aliphatic carbocycles. The van der Waals surface area contributed by atoms with Crippen LogP contribution in [0.3, 0.4) is 0 Å². The lowest BCUT2D eigenvalue weighted by atomic mass is 10.3. The minimum Gasteiger partial charge on any atom is -0.390 e. The van der Waals surface area contributed by atoms with Crippen molar-refractivity contribution in [2.75, 3.05) is 13.7 Å². The molecule has 4 nitrogen and oxygen atoms in total. The first-order valence-electron chi connectivity index (χ1n) is 4.09. The predicted molar refractivity (Wildman–Crippen MR) is 52.1 cm³/mol. The largest absolute Gasteiger partial charge is 0.390 e. The van der Waals surface area contributed by atoms with E-state index < -0.39 is 0 Å². The van der Waals surface area contributed by atoms with Crippen molar-refractivity contribution in [1.29, 1.82) is 0 Å². The maximum Gasteiger partial charge on any atom is 0.177 e. The van der Waals surface area contributed by atoms with Crippen molar-refractivity contribution in [2.24, 2.45) is 0 Å². The molecular formula is C8H14N2O2S. The summed E-state index contributed by atoms with van der Waals surface area (Å²) < 4.78 is 7.50. The van der Waals surface area contributed by atoms with Gasteiger partial charge in [-0.2, -0.15) is 0 Å². The van der Waals surface area contributed by atoms with E-state index in [-0.39, 0.29) is 12.6 Å². The molecule has 0 spiro atoms. The highest BCUT2D eigenvalue weighted by atomic mass is 32.1. The van der Waals surface area contributed by atoms with Gasteiger partial charge in [-0.15, -0.1) is 0 Å². The summed E-state index contributed by atoms with van der Waals surface area (Å²) in [7, 11) is 1.64. The average Bonchev–Trinajstić information content (AvgIpc) is 2.47. The van der Waals surface area contributed by atoms with Gasteiger partial charge in [-0.3, -0.25) is 0 Å². The van der Waals surface area contributed by atoms with Gasteiger partial charge in [0.15, 0.2) is 4.77 Å². The smallest absolute Gasteiger partial charge is 0.177 e. The SMILES string of the molecule is COCC(C)n1c(CO)c[nH]c1=S. The lowest BCUT2D eigenvalue weighted by molar-refractivity contribution is 0.157. The van der Waals surface area contributed by atoms with E-state index in [4.69, 9.17) is 22.1 Å². The van der Waals surface area contributed by atoms with Crippen molar-refractivity contribution in [3.63, 3.8) is 0 Å². The number of hydrogen-bond donors (Lipinski definition) is 2. The van der Waals surface area contributed by atoms with Crippen LogP contribution < -0.4 is 0 Å². The topological polar surface area (TPSA) is 50.2 Å². The van der Waals surface area contributed by atoms with E-state index in [1.54, 1.807) is 13.3 Å². The van der Waals surface area contributed by atoms with Crippen LogP contribution in [0.2, 0.25) is 0 Å². The molecule has 0 radical (unpaired) electrons. The third-order valence-corrected chi connectivity index (χ3v) is 2.22. The number of aromatic amines is 1. The van der Waals surface area contributed by atoms with Crippen molar-refractivity contribution in [3.8, 4) is 0 Å². The molecule has 1 unspecified atom stereocenters. The second-order valence-electron chi connectivity index (χ2n) is 2.92. The van der Waals surface area contributed by atoms with Gasteiger partial charge in [0.25, 0.3) is 0 Å². The Balaban J connectivity index is 2.96. The van der Waals surface area contributed by atoms with Gasteiger partial charge in [0.05, 0.1) is 24.9 Å². The number of hydrogen-bond acceptors (Lipinski definition) is 3. The monoisotopic (exact) mass is 202 g/mol. The number of nitrogens with zero attached hydrogens (tertiary/aromatic N) is 1. The van der Waals surface area contributed by atoms with Crippen molar-refractivity contribution >= 4 is 12.2 Å². The molecular weight excluding hydrogens is 188 g/mol. The van der Waals surface area contributed by atoms with Crippen molar-refractivity contribution < 1.29 is 9.84 Å². The molecule has 0 aliphatic heterocycles. The Kier molecular flexibility index (Phi) is 3.65. The lowest BCUT2D eigenvalue weighted by Crippen LogP contribution is -2.13. The zero-order valence-corrected chi connectivity index (χ0v) is 8.60. The minimum absolute atomic E-state index is 0.0127. The van der Waals surface area contributed by atoms with E-state index in [9.17, 15) is 0 Å². The van der Waals surface area contributed by atoms with E-state index in [0.29, 0.717) is 11.4 Å². The Hall–Kier alpha value is -0.650. The summed E-state index contributed by atoms with van der Waals surface area (Å²) in [6.45, 7) is 2.56. The first kappa shape index (κ1) is 10.4. The Morgan fingerprint density at radius 1 is 1.77 bits per heavy atom. The Bertz CT molecular complexity index is 318. The van der Waals surface area contributed by atoms with Gasteiger partial charge in [-0.05, 0) is 19.1 Å². The molecule has 0 aromatic carbocycles. The van der Waals surface area contributed by atoms with Crippen LogP contribution in [0.25, 0.3) is 0 Å². The fourth-order valence-electron chi connectivity index (χ4n) is 1.34. The summed E-state index contributed by atoms with van der Waals surface area (Å²) >= 11 is 5.07. The molecule has 0 amide bonds.